The fourth-order valence-corrected chi connectivity index (χ4v) is 4.34. The lowest BCUT2D eigenvalue weighted by Crippen LogP contribution is -2.47. The summed E-state index contributed by atoms with van der Waals surface area (Å²) in [5.41, 5.74) is 9.66. The maximum absolute atomic E-state index is 12.0. The molecule has 3 N–H and O–H groups in total. The van der Waals surface area contributed by atoms with Crippen molar-refractivity contribution in [2.75, 3.05) is 20.1 Å². The summed E-state index contributed by atoms with van der Waals surface area (Å²) in [4.78, 5) is 2.33. The van der Waals surface area contributed by atoms with Crippen LogP contribution >= 0.6 is 0 Å². The minimum Gasteiger partial charge on any atom is -0.399 e. The first kappa shape index (κ1) is 17.2. The molecule has 1 atom stereocenters. The first-order valence-electron chi connectivity index (χ1n) is 9.18. The van der Waals surface area contributed by atoms with E-state index in [0.29, 0.717) is 5.70 Å². The van der Waals surface area contributed by atoms with Crippen LogP contribution in [0.15, 0.2) is 47.7 Å². The van der Waals surface area contributed by atoms with E-state index in [0.717, 1.165) is 56.3 Å². The van der Waals surface area contributed by atoms with Crippen molar-refractivity contribution in [3.05, 3.63) is 58.8 Å². The third kappa shape index (κ3) is 3.03. The molecule has 0 radical (unpaired) electrons. The summed E-state index contributed by atoms with van der Waals surface area (Å²) in [7, 11) is 2.15. The Balaban J connectivity index is 2.14. The number of aryl methyl sites for hydroxylation is 1. The molecule has 24 heavy (non-hydrogen) atoms. The lowest BCUT2D eigenvalue weighted by molar-refractivity contribution is -0.0175. The minimum atomic E-state index is -1.05. The standard InChI is InChI=1S/C21H30N2O/c1-3-7-17-10-6-9-16-8-4-5-11-19(16)21(24,20(17)22)18-12-14-23(2)15-13-18/h3-5,7-8,11,18,24H,6,9-10,12-15,22H2,1-2H3/b7-3-,20-17+. The number of likely N-dealkylation sites (tertiary alicyclic amines) is 1. The van der Waals surface area contributed by atoms with E-state index in [1.54, 1.807) is 0 Å². The van der Waals surface area contributed by atoms with Gasteiger partial charge in [-0.1, -0.05) is 36.4 Å². The molecule has 3 rings (SSSR count). The van der Waals surface area contributed by atoms with Gasteiger partial charge in [0.2, 0.25) is 0 Å². The number of aliphatic hydroxyl groups is 1. The number of nitrogens with two attached hydrogens (primary N) is 1. The number of fused-ring (bicyclic) bond motifs is 1. The number of benzene rings is 1. The predicted molar refractivity (Wildman–Crippen MR) is 99.5 cm³/mol. The topological polar surface area (TPSA) is 49.5 Å². The van der Waals surface area contributed by atoms with Gasteiger partial charge in [0, 0.05) is 5.70 Å². The number of rotatable bonds is 2. The molecule has 0 saturated carbocycles. The van der Waals surface area contributed by atoms with Crippen LogP contribution in [0.5, 0.6) is 0 Å². The molecule has 130 valence electrons. The van der Waals surface area contributed by atoms with Gasteiger partial charge in [-0.3, -0.25) is 0 Å². The van der Waals surface area contributed by atoms with Crippen molar-refractivity contribution in [2.45, 2.75) is 44.6 Å². The molecule has 1 unspecified atom stereocenters. The van der Waals surface area contributed by atoms with Gasteiger partial charge < -0.3 is 15.7 Å². The fourth-order valence-electron chi connectivity index (χ4n) is 4.34. The predicted octanol–water partition coefficient (Wildman–Crippen LogP) is 3.34. The van der Waals surface area contributed by atoms with Crippen molar-refractivity contribution in [2.24, 2.45) is 11.7 Å². The van der Waals surface area contributed by atoms with Crippen LogP contribution in [-0.2, 0) is 12.0 Å². The van der Waals surface area contributed by atoms with E-state index in [4.69, 9.17) is 5.73 Å². The maximum atomic E-state index is 12.0. The van der Waals surface area contributed by atoms with Crippen LogP contribution in [0.1, 0.15) is 43.7 Å². The van der Waals surface area contributed by atoms with E-state index in [2.05, 4.69) is 36.2 Å². The van der Waals surface area contributed by atoms with E-state index in [9.17, 15) is 5.11 Å². The summed E-state index contributed by atoms with van der Waals surface area (Å²) in [6.45, 7) is 4.05. The van der Waals surface area contributed by atoms with Gasteiger partial charge in [-0.05, 0) is 81.8 Å². The summed E-state index contributed by atoms with van der Waals surface area (Å²) in [5.74, 6) is 0.174. The molecule has 0 bridgehead atoms. The molecule has 3 nitrogen and oxygen atoms in total. The SMILES string of the molecule is C/C=C\C1=C(/N)C(O)(C2CCN(C)CC2)c2ccccc2CCC1. The van der Waals surface area contributed by atoms with E-state index in [-0.39, 0.29) is 5.92 Å². The second kappa shape index (κ2) is 7.12. The highest BCUT2D eigenvalue weighted by Crippen LogP contribution is 2.44. The molecule has 0 amide bonds. The van der Waals surface area contributed by atoms with Gasteiger partial charge in [0.1, 0.15) is 5.60 Å². The first-order valence-corrected chi connectivity index (χ1v) is 9.18. The molecule has 1 fully saturated rings. The molecule has 1 heterocycles. The molecule has 1 saturated heterocycles. The van der Waals surface area contributed by atoms with Crippen LogP contribution < -0.4 is 5.73 Å². The second-order valence-electron chi connectivity index (χ2n) is 7.29. The van der Waals surface area contributed by atoms with Crippen molar-refractivity contribution in [1.29, 1.82) is 0 Å². The van der Waals surface area contributed by atoms with Gasteiger partial charge in [-0.2, -0.15) is 0 Å². The number of allylic oxidation sites excluding steroid dienone is 3. The van der Waals surface area contributed by atoms with Crippen molar-refractivity contribution >= 4 is 0 Å². The zero-order chi connectivity index (χ0) is 17.2. The Bertz CT molecular complexity index is 641. The molecule has 2 aliphatic rings. The van der Waals surface area contributed by atoms with E-state index < -0.39 is 5.60 Å². The van der Waals surface area contributed by atoms with E-state index in [1.165, 1.54) is 5.56 Å². The van der Waals surface area contributed by atoms with Crippen LogP contribution in [0.3, 0.4) is 0 Å². The zero-order valence-electron chi connectivity index (χ0n) is 15.0. The largest absolute Gasteiger partial charge is 0.399 e. The molecule has 0 aromatic heterocycles. The van der Waals surface area contributed by atoms with Crippen molar-refractivity contribution in [1.82, 2.24) is 4.90 Å². The van der Waals surface area contributed by atoms with Gasteiger partial charge in [0.15, 0.2) is 0 Å². The van der Waals surface area contributed by atoms with Crippen LogP contribution in [0, 0.1) is 5.92 Å². The molecular weight excluding hydrogens is 296 g/mol. The van der Waals surface area contributed by atoms with Gasteiger partial charge in [0.05, 0.1) is 0 Å². The molecule has 3 heteroatoms. The Morgan fingerprint density at radius 1 is 1.21 bits per heavy atom. The smallest absolute Gasteiger partial charge is 0.132 e. The number of hydrogen-bond donors (Lipinski definition) is 2. The van der Waals surface area contributed by atoms with Crippen molar-refractivity contribution < 1.29 is 5.11 Å². The summed E-state index contributed by atoms with van der Waals surface area (Å²) in [5, 5.41) is 12.0. The Labute approximate surface area is 145 Å². The van der Waals surface area contributed by atoms with E-state index >= 15 is 0 Å². The lowest BCUT2D eigenvalue weighted by atomic mass is 9.70. The Hall–Kier alpha value is -1.58. The Morgan fingerprint density at radius 3 is 2.62 bits per heavy atom. The van der Waals surface area contributed by atoms with Crippen molar-refractivity contribution in [3.8, 4) is 0 Å². The highest BCUT2D eigenvalue weighted by Gasteiger charge is 2.44. The normalized spacial score (nSPS) is 30.1. The lowest BCUT2D eigenvalue weighted by Gasteiger charge is -2.43. The number of hydrogen-bond acceptors (Lipinski definition) is 3. The van der Waals surface area contributed by atoms with Gasteiger partial charge in [-0.15, -0.1) is 0 Å². The summed E-state index contributed by atoms with van der Waals surface area (Å²) >= 11 is 0. The Morgan fingerprint density at radius 2 is 1.92 bits per heavy atom. The quantitative estimate of drug-likeness (QED) is 0.876. The summed E-state index contributed by atoms with van der Waals surface area (Å²) in [6.07, 6.45) is 9.07. The molecule has 1 aromatic rings. The minimum absolute atomic E-state index is 0.174. The van der Waals surface area contributed by atoms with Gasteiger partial charge >= 0.3 is 0 Å². The average molecular weight is 326 g/mol. The molecule has 0 spiro atoms. The van der Waals surface area contributed by atoms with Crippen molar-refractivity contribution in [3.63, 3.8) is 0 Å². The highest BCUT2D eigenvalue weighted by atomic mass is 16.3. The molecule has 1 aliphatic heterocycles. The maximum Gasteiger partial charge on any atom is 0.132 e. The number of nitrogens with zero attached hydrogens (tertiary/aromatic N) is 1. The fraction of sp³-hybridized carbons (Fsp3) is 0.524. The average Bonchev–Trinajstić information content (AvgIpc) is 2.60. The van der Waals surface area contributed by atoms with Crippen LogP contribution in [0.25, 0.3) is 0 Å². The molecular formula is C21H30N2O. The van der Waals surface area contributed by atoms with Crippen LogP contribution in [0.4, 0.5) is 0 Å². The zero-order valence-corrected chi connectivity index (χ0v) is 15.0. The van der Waals surface area contributed by atoms with Gasteiger partial charge in [0.25, 0.3) is 0 Å². The van der Waals surface area contributed by atoms with E-state index in [1.807, 2.05) is 19.1 Å². The Kier molecular flexibility index (Phi) is 5.12. The molecule has 1 aromatic carbocycles. The van der Waals surface area contributed by atoms with Crippen LogP contribution in [0.2, 0.25) is 0 Å². The summed E-state index contributed by atoms with van der Waals surface area (Å²) in [6, 6.07) is 8.34. The second-order valence-corrected chi connectivity index (χ2v) is 7.29. The highest BCUT2D eigenvalue weighted by molar-refractivity contribution is 5.44. The third-order valence-corrected chi connectivity index (χ3v) is 5.75. The first-order chi connectivity index (χ1) is 11.6. The van der Waals surface area contributed by atoms with Gasteiger partial charge in [-0.25, -0.2) is 0 Å². The monoisotopic (exact) mass is 326 g/mol. The third-order valence-electron chi connectivity index (χ3n) is 5.75. The molecule has 1 aliphatic carbocycles. The number of piperidine rings is 1. The summed E-state index contributed by atoms with van der Waals surface area (Å²) < 4.78 is 0. The van der Waals surface area contributed by atoms with Crippen LogP contribution in [-0.4, -0.2) is 30.1 Å².